The van der Waals surface area contributed by atoms with Gasteiger partial charge in [0, 0.05) is 30.6 Å². The monoisotopic (exact) mass is 487 g/mol. The molecule has 2 saturated heterocycles. The second-order valence-electron chi connectivity index (χ2n) is 9.75. The van der Waals surface area contributed by atoms with Crippen molar-refractivity contribution in [3.63, 3.8) is 0 Å². The molecule has 1 aromatic carbocycles. The second kappa shape index (κ2) is 8.98. The summed E-state index contributed by atoms with van der Waals surface area (Å²) in [5.74, 6) is -0.216. The van der Waals surface area contributed by atoms with Gasteiger partial charge in [-0.05, 0) is 42.2 Å². The summed E-state index contributed by atoms with van der Waals surface area (Å²) in [6.07, 6.45) is -2.58. The van der Waals surface area contributed by atoms with Crippen molar-refractivity contribution in [1.29, 1.82) is 5.41 Å². The van der Waals surface area contributed by atoms with E-state index in [0.717, 1.165) is 12.1 Å². The largest absolute Gasteiger partial charge is 0.416 e. The van der Waals surface area contributed by atoms with Gasteiger partial charge in [0.1, 0.15) is 5.82 Å². The lowest BCUT2D eigenvalue weighted by Crippen LogP contribution is -2.62. The van der Waals surface area contributed by atoms with Crippen molar-refractivity contribution in [3.8, 4) is 0 Å². The molecule has 0 radical (unpaired) electrons. The molecule has 2 fully saturated rings. The first-order valence-corrected chi connectivity index (χ1v) is 11.5. The van der Waals surface area contributed by atoms with Crippen LogP contribution in [0.25, 0.3) is 0 Å². The normalized spacial score (nSPS) is 23.3. The number of hydrogen-bond acceptors (Lipinski definition) is 4. The molecule has 2 N–H and O–H groups in total. The molecule has 2 aromatic rings. The average molecular weight is 488 g/mol. The van der Waals surface area contributed by atoms with Gasteiger partial charge in [-0.15, -0.1) is 0 Å². The maximum atomic E-state index is 13.1. The van der Waals surface area contributed by atoms with Gasteiger partial charge < -0.3 is 5.32 Å². The number of alkyl halides is 3. The van der Waals surface area contributed by atoms with Crippen molar-refractivity contribution in [2.45, 2.75) is 57.8 Å². The fourth-order valence-corrected chi connectivity index (χ4v) is 4.44. The first-order chi connectivity index (χ1) is 16.4. The van der Waals surface area contributed by atoms with Gasteiger partial charge >= 0.3 is 6.18 Å². The Kier molecular flexibility index (Phi) is 6.33. The minimum absolute atomic E-state index is 0.0256. The van der Waals surface area contributed by atoms with Crippen LogP contribution in [-0.2, 0) is 22.3 Å². The first kappa shape index (κ1) is 24.7. The Bertz CT molecular complexity index is 1150. The van der Waals surface area contributed by atoms with Crippen molar-refractivity contribution < 1.29 is 22.8 Å². The number of benzene rings is 1. The van der Waals surface area contributed by atoms with Crippen molar-refractivity contribution in [2.75, 3.05) is 11.4 Å². The summed E-state index contributed by atoms with van der Waals surface area (Å²) in [5.41, 5.74) is -0.0808. The zero-order chi connectivity index (χ0) is 25.5. The standard InChI is InChI=1S/C25H28F3N5O2/c1-15(2)24(3)12-22(35)33(23(29)31-24)13-16-7-8-30-20(9-16)32-14-18(11-21(32)34)17-5-4-6-19(10-17)25(26,27)28/h4-10,15,18H,11-14H2,1-3H3,(H2,29,31)/t18-,24-/m0/s1. The number of anilines is 1. The Hall–Kier alpha value is -3.43. The number of pyridine rings is 1. The van der Waals surface area contributed by atoms with E-state index in [1.807, 2.05) is 20.8 Å². The van der Waals surface area contributed by atoms with E-state index in [9.17, 15) is 22.8 Å². The van der Waals surface area contributed by atoms with Crippen LogP contribution in [-0.4, -0.2) is 39.7 Å². The summed E-state index contributed by atoms with van der Waals surface area (Å²) in [7, 11) is 0. The van der Waals surface area contributed by atoms with Gasteiger partial charge in [0.2, 0.25) is 11.8 Å². The van der Waals surface area contributed by atoms with E-state index in [1.165, 1.54) is 22.1 Å². The lowest BCUT2D eigenvalue weighted by Gasteiger charge is -2.43. The van der Waals surface area contributed by atoms with Crippen LogP contribution in [0, 0.1) is 11.3 Å². The highest BCUT2D eigenvalue weighted by atomic mass is 19.4. The number of rotatable bonds is 5. The third-order valence-corrected chi connectivity index (χ3v) is 7.01. The van der Waals surface area contributed by atoms with Crippen LogP contribution >= 0.6 is 0 Å². The molecule has 0 spiro atoms. The number of carbonyl (C=O) groups is 2. The van der Waals surface area contributed by atoms with Crippen LogP contribution < -0.4 is 10.2 Å². The van der Waals surface area contributed by atoms with Crippen LogP contribution in [0.5, 0.6) is 0 Å². The van der Waals surface area contributed by atoms with E-state index in [0.29, 0.717) is 16.9 Å². The molecule has 2 amide bonds. The molecule has 0 bridgehead atoms. The van der Waals surface area contributed by atoms with Gasteiger partial charge in [0.25, 0.3) is 0 Å². The zero-order valence-electron chi connectivity index (χ0n) is 19.8. The molecule has 10 heteroatoms. The van der Waals surface area contributed by atoms with Crippen LogP contribution in [0.15, 0.2) is 42.6 Å². The Morgan fingerprint density at radius 1 is 1.20 bits per heavy atom. The molecule has 2 aliphatic heterocycles. The summed E-state index contributed by atoms with van der Waals surface area (Å²) in [6.45, 7) is 6.28. The molecule has 0 unspecified atom stereocenters. The van der Waals surface area contributed by atoms with E-state index < -0.39 is 17.3 Å². The number of halogens is 3. The van der Waals surface area contributed by atoms with Gasteiger partial charge in [-0.1, -0.05) is 32.0 Å². The molecular weight excluding hydrogens is 459 g/mol. The van der Waals surface area contributed by atoms with Gasteiger partial charge in [-0.3, -0.25) is 24.8 Å². The minimum Gasteiger partial charge on any atom is -0.350 e. The maximum absolute atomic E-state index is 13.1. The topological polar surface area (TPSA) is 89.4 Å². The smallest absolute Gasteiger partial charge is 0.350 e. The molecule has 1 aromatic heterocycles. The highest BCUT2D eigenvalue weighted by molar-refractivity contribution is 5.99. The van der Waals surface area contributed by atoms with Gasteiger partial charge in [-0.25, -0.2) is 4.98 Å². The van der Waals surface area contributed by atoms with E-state index in [2.05, 4.69) is 10.3 Å². The number of aromatic nitrogens is 1. The molecule has 2 aliphatic rings. The number of carbonyl (C=O) groups excluding carboxylic acids is 2. The Balaban J connectivity index is 1.49. The molecule has 4 rings (SSSR count). The predicted octanol–water partition coefficient (Wildman–Crippen LogP) is 4.29. The number of guanidine groups is 1. The van der Waals surface area contributed by atoms with Gasteiger partial charge in [0.05, 0.1) is 18.5 Å². The lowest BCUT2D eigenvalue weighted by molar-refractivity contribution is -0.137. The van der Waals surface area contributed by atoms with Crippen LogP contribution in [0.2, 0.25) is 0 Å². The number of nitrogens with one attached hydrogen (secondary N) is 2. The van der Waals surface area contributed by atoms with Crippen LogP contribution in [0.4, 0.5) is 19.0 Å². The highest BCUT2D eigenvalue weighted by Gasteiger charge is 2.40. The summed E-state index contributed by atoms with van der Waals surface area (Å²) in [4.78, 5) is 32.7. The minimum atomic E-state index is -4.45. The summed E-state index contributed by atoms with van der Waals surface area (Å²) in [6, 6.07) is 8.46. The Morgan fingerprint density at radius 2 is 1.94 bits per heavy atom. The molecule has 2 atom stereocenters. The molecular formula is C25H28F3N5O2. The van der Waals surface area contributed by atoms with E-state index in [1.54, 1.807) is 18.2 Å². The van der Waals surface area contributed by atoms with Crippen molar-refractivity contribution >= 4 is 23.6 Å². The molecule has 35 heavy (non-hydrogen) atoms. The fraction of sp³-hybridized carbons (Fsp3) is 0.440. The third-order valence-electron chi connectivity index (χ3n) is 7.01. The predicted molar refractivity (Wildman–Crippen MR) is 125 cm³/mol. The van der Waals surface area contributed by atoms with Crippen molar-refractivity contribution in [3.05, 3.63) is 59.3 Å². The molecule has 0 aliphatic carbocycles. The van der Waals surface area contributed by atoms with E-state index in [4.69, 9.17) is 5.41 Å². The summed E-state index contributed by atoms with van der Waals surface area (Å²) in [5, 5.41) is 11.5. The fourth-order valence-electron chi connectivity index (χ4n) is 4.44. The number of amides is 2. The highest BCUT2D eigenvalue weighted by Crippen LogP contribution is 2.35. The van der Waals surface area contributed by atoms with Crippen LogP contribution in [0.1, 0.15) is 56.2 Å². The number of nitrogens with zero attached hydrogens (tertiary/aromatic N) is 3. The average Bonchev–Trinajstić information content (AvgIpc) is 3.17. The Labute approximate surface area is 201 Å². The van der Waals surface area contributed by atoms with Gasteiger partial charge in [0.15, 0.2) is 5.96 Å². The molecule has 186 valence electrons. The molecule has 7 nitrogen and oxygen atoms in total. The second-order valence-corrected chi connectivity index (χ2v) is 9.75. The summed E-state index contributed by atoms with van der Waals surface area (Å²) < 4.78 is 39.3. The quantitative estimate of drug-likeness (QED) is 0.659. The molecule has 3 heterocycles. The van der Waals surface area contributed by atoms with E-state index in [-0.39, 0.29) is 55.5 Å². The van der Waals surface area contributed by atoms with E-state index >= 15 is 0 Å². The van der Waals surface area contributed by atoms with Crippen LogP contribution in [0.3, 0.4) is 0 Å². The Morgan fingerprint density at radius 3 is 2.60 bits per heavy atom. The zero-order valence-corrected chi connectivity index (χ0v) is 19.8. The summed E-state index contributed by atoms with van der Waals surface area (Å²) >= 11 is 0. The maximum Gasteiger partial charge on any atom is 0.416 e. The lowest BCUT2D eigenvalue weighted by atomic mass is 9.83. The SMILES string of the molecule is CC(C)[C@]1(C)CC(=O)N(Cc2ccnc(N3C[C@@H](c4cccc(C(F)(F)F)c4)CC3=O)c2)C(=N)N1. The van der Waals surface area contributed by atoms with Crippen molar-refractivity contribution in [1.82, 2.24) is 15.2 Å². The van der Waals surface area contributed by atoms with Crippen molar-refractivity contribution in [2.24, 2.45) is 5.92 Å². The first-order valence-electron chi connectivity index (χ1n) is 11.5. The van der Waals surface area contributed by atoms with Gasteiger partial charge in [-0.2, -0.15) is 13.2 Å². The number of hydrogen-bond donors (Lipinski definition) is 2. The third kappa shape index (κ3) is 5.01. The molecule has 0 saturated carbocycles.